The zero-order chi connectivity index (χ0) is 21.3. The molecule has 0 amide bonds. The Morgan fingerprint density at radius 2 is 2.17 bits per heavy atom. The van der Waals surface area contributed by atoms with E-state index in [-0.39, 0.29) is 28.5 Å². The van der Waals surface area contributed by atoms with E-state index < -0.39 is 15.8 Å². The van der Waals surface area contributed by atoms with Crippen molar-refractivity contribution in [2.75, 3.05) is 23.6 Å². The molecule has 0 bridgehead atoms. The van der Waals surface area contributed by atoms with Gasteiger partial charge in [-0.15, -0.1) is 0 Å². The van der Waals surface area contributed by atoms with Gasteiger partial charge in [-0.25, -0.2) is 17.8 Å². The van der Waals surface area contributed by atoms with Gasteiger partial charge in [0.25, 0.3) is 0 Å². The summed E-state index contributed by atoms with van der Waals surface area (Å²) in [6, 6.07) is 9.12. The van der Waals surface area contributed by atoms with Crippen LogP contribution in [0, 0.1) is 17.1 Å². The maximum Gasteiger partial charge on any atom is 0.232 e. The Morgan fingerprint density at radius 3 is 2.93 bits per heavy atom. The van der Waals surface area contributed by atoms with Crippen molar-refractivity contribution < 1.29 is 17.5 Å². The molecule has 2 heterocycles. The Bertz CT molecular complexity index is 1220. The van der Waals surface area contributed by atoms with Gasteiger partial charge < -0.3 is 9.64 Å². The molecule has 0 fully saturated rings. The smallest absolute Gasteiger partial charge is 0.232 e. The Hall–Kier alpha value is -3.45. The van der Waals surface area contributed by atoms with Gasteiger partial charge in [0.2, 0.25) is 10.0 Å². The summed E-state index contributed by atoms with van der Waals surface area (Å²) < 4.78 is 46.8. The lowest BCUT2D eigenvalue weighted by atomic mass is 10.1. The van der Waals surface area contributed by atoms with Gasteiger partial charge in [0.05, 0.1) is 30.0 Å². The molecular weight excluding hydrogens is 409 g/mol. The van der Waals surface area contributed by atoms with E-state index in [1.54, 1.807) is 31.5 Å². The normalized spacial score (nSPS) is 14.6. The first-order valence-corrected chi connectivity index (χ1v) is 11.0. The topological polar surface area (TPSA) is 107 Å². The molecule has 2 aliphatic heterocycles. The van der Waals surface area contributed by atoms with Crippen LogP contribution in [0.4, 0.5) is 15.8 Å². The summed E-state index contributed by atoms with van der Waals surface area (Å²) in [4.78, 5) is 10.7. The van der Waals surface area contributed by atoms with Crippen molar-refractivity contribution in [2.24, 2.45) is 9.98 Å². The van der Waals surface area contributed by atoms with E-state index >= 15 is 0 Å². The molecule has 4 rings (SSSR count). The van der Waals surface area contributed by atoms with Crippen LogP contribution in [0.2, 0.25) is 0 Å². The van der Waals surface area contributed by atoms with E-state index in [1.165, 1.54) is 6.07 Å². The van der Waals surface area contributed by atoms with Crippen molar-refractivity contribution in [1.29, 1.82) is 5.26 Å². The van der Waals surface area contributed by atoms with Gasteiger partial charge in [-0.05, 0) is 36.8 Å². The van der Waals surface area contributed by atoms with Gasteiger partial charge in [-0.2, -0.15) is 5.26 Å². The number of aliphatic imine (C=N–C) groups is 2. The molecule has 30 heavy (non-hydrogen) atoms. The number of rotatable bonds is 6. The molecule has 10 heteroatoms. The van der Waals surface area contributed by atoms with Crippen LogP contribution in [0.25, 0.3) is 0 Å². The minimum atomic E-state index is -3.66. The Kier molecular flexibility index (Phi) is 5.13. The molecule has 0 atom stereocenters. The third kappa shape index (κ3) is 3.71. The molecule has 0 aromatic heterocycles. The number of fused-ring (bicyclic) bond motifs is 3. The van der Waals surface area contributed by atoms with Gasteiger partial charge in [0, 0.05) is 12.1 Å². The van der Waals surface area contributed by atoms with Crippen molar-refractivity contribution in [2.45, 2.75) is 13.3 Å². The van der Waals surface area contributed by atoms with Gasteiger partial charge in [0.15, 0.2) is 11.6 Å². The lowest BCUT2D eigenvalue weighted by molar-refractivity contribution is 0.441. The molecule has 154 valence electrons. The van der Waals surface area contributed by atoms with Crippen molar-refractivity contribution in [3.05, 3.63) is 47.3 Å². The van der Waals surface area contributed by atoms with E-state index in [2.05, 4.69) is 14.7 Å². The van der Waals surface area contributed by atoms with Crippen LogP contribution < -0.4 is 9.46 Å². The highest BCUT2D eigenvalue weighted by Crippen LogP contribution is 2.36. The molecule has 2 aromatic carbocycles. The summed E-state index contributed by atoms with van der Waals surface area (Å²) in [7, 11) is -3.66. The fourth-order valence-electron chi connectivity index (χ4n) is 3.27. The number of sulfonamides is 1. The first-order valence-electron chi connectivity index (χ1n) is 9.32. The van der Waals surface area contributed by atoms with Gasteiger partial charge in [0.1, 0.15) is 23.2 Å². The minimum absolute atomic E-state index is 0.0312. The summed E-state index contributed by atoms with van der Waals surface area (Å²) in [6.45, 7) is 3.11. The number of ether oxygens (including phenoxy) is 1. The average molecular weight is 427 g/mol. The lowest BCUT2D eigenvalue weighted by Crippen LogP contribution is -2.29. The molecule has 0 spiro atoms. The van der Waals surface area contributed by atoms with Crippen molar-refractivity contribution in [3.63, 3.8) is 0 Å². The molecule has 0 radical (unpaired) electrons. The van der Waals surface area contributed by atoms with Crippen LogP contribution in [0.3, 0.4) is 0 Å². The molecule has 1 N–H and O–H groups in total. The second-order valence-electron chi connectivity index (χ2n) is 6.76. The first-order chi connectivity index (χ1) is 14.4. The van der Waals surface area contributed by atoms with E-state index in [0.717, 1.165) is 24.0 Å². The Balaban J connectivity index is 1.70. The number of halogens is 1. The minimum Gasteiger partial charge on any atom is -0.453 e. The zero-order valence-corrected chi connectivity index (χ0v) is 16.9. The molecular formula is C20H18FN5O3S. The third-order valence-corrected chi connectivity index (χ3v) is 6.08. The molecule has 8 nitrogen and oxygen atoms in total. The molecule has 2 aromatic rings. The van der Waals surface area contributed by atoms with E-state index in [4.69, 9.17) is 4.74 Å². The third-order valence-electron chi connectivity index (χ3n) is 4.60. The van der Waals surface area contributed by atoms with E-state index in [9.17, 15) is 18.1 Å². The highest BCUT2D eigenvalue weighted by atomic mass is 32.2. The monoisotopic (exact) mass is 427 g/mol. The fraction of sp³-hybridized carbons (Fsp3) is 0.250. The number of nitrogens with one attached hydrogen (secondary N) is 1. The van der Waals surface area contributed by atoms with Crippen LogP contribution in [-0.2, 0) is 10.0 Å². The predicted molar refractivity (Wildman–Crippen MR) is 112 cm³/mol. The van der Waals surface area contributed by atoms with E-state index in [0.29, 0.717) is 18.7 Å². The number of nitrogens with zero attached hydrogens (tertiary/aromatic N) is 4. The second kappa shape index (κ2) is 7.76. The van der Waals surface area contributed by atoms with Crippen LogP contribution in [-0.4, -0.2) is 44.3 Å². The number of hydrogen-bond acceptors (Lipinski definition) is 7. The van der Waals surface area contributed by atoms with E-state index in [1.807, 2.05) is 11.0 Å². The maximum absolute atomic E-state index is 14.5. The SMILES string of the molecule is CCCS(=O)(=O)Nc1ccc(F)c(Oc2ccc3c(c2)C2=NCCN2C=N3)c1C#N. The summed E-state index contributed by atoms with van der Waals surface area (Å²) in [5.41, 5.74) is 1.19. The number of amidine groups is 1. The average Bonchev–Trinajstić information content (AvgIpc) is 3.20. The number of anilines is 1. The summed E-state index contributed by atoms with van der Waals surface area (Å²) >= 11 is 0. The highest BCUT2D eigenvalue weighted by Gasteiger charge is 2.25. The van der Waals surface area contributed by atoms with Crippen LogP contribution >= 0.6 is 0 Å². The Morgan fingerprint density at radius 1 is 1.33 bits per heavy atom. The summed E-state index contributed by atoms with van der Waals surface area (Å²) in [5, 5.41) is 9.57. The quantitative estimate of drug-likeness (QED) is 0.761. The lowest BCUT2D eigenvalue weighted by Gasteiger charge is -2.21. The summed E-state index contributed by atoms with van der Waals surface area (Å²) in [6.07, 6.45) is 2.12. The molecule has 0 aliphatic carbocycles. The molecule has 0 saturated heterocycles. The zero-order valence-electron chi connectivity index (χ0n) is 16.1. The van der Waals surface area contributed by atoms with Gasteiger partial charge in [-0.1, -0.05) is 6.92 Å². The standard InChI is InChI=1S/C20H18FN5O3S/c1-2-9-30(27,28)25-18-6-4-16(21)19(15(18)11-22)29-13-3-5-17-14(10-13)20-23-7-8-26(20)12-24-17/h3-6,10,12,25H,2,7-9H2,1H3. The van der Waals surface area contributed by atoms with Gasteiger partial charge in [-0.3, -0.25) is 9.71 Å². The first kappa shape index (κ1) is 19.8. The molecule has 0 saturated carbocycles. The van der Waals surface area contributed by atoms with Gasteiger partial charge >= 0.3 is 0 Å². The number of hydrogen-bond donors (Lipinski definition) is 1. The predicted octanol–water partition coefficient (Wildman–Crippen LogP) is 3.38. The van der Waals surface area contributed by atoms with Crippen LogP contribution in [0.1, 0.15) is 24.5 Å². The summed E-state index contributed by atoms with van der Waals surface area (Å²) in [5.74, 6) is -0.203. The van der Waals surface area contributed by atoms with Crippen LogP contribution in [0.15, 0.2) is 40.3 Å². The highest BCUT2D eigenvalue weighted by molar-refractivity contribution is 7.92. The largest absolute Gasteiger partial charge is 0.453 e. The molecule has 0 unspecified atom stereocenters. The maximum atomic E-state index is 14.5. The van der Waals surface area contributed by atoms with Crippen molar-refractivity contribution >= 4 is 33.6 Å². The second-order valence-corrected chi connectivity index (χ2v) is 8.60. The fourth-order valence-corrected chi connectivity index (χ4v) is 4.42. The van der Waals surface area contributed by atoms with Crippen molar-refractivity contribution in [3.8, 4) is 17.6 Å². The Labute approximate surface area is 173 Å². The van der Waals surface area contributed by atoms with Crippen LogP contribution in [0.5, 0.6) is 11.5 Å². The number of nitriles is 1. The number of benzene rings is 2. The molecule has 2 aliphatic rings. The van der Waals surface area contributed by atoms with Crippen molar-refractivity contribution in [1.82, 2.24) is 4.90 Å².